The van der Waals surface area contributed by atoms with Crippen LogP contribution in [0, 0.1) is 6.92 Å². The van der Waals surface area contributed by atoms with Gasteiger partial charge < -0.3 is 15.7 Å². The summed E-state index contributed by atoms with van der Waals surface area (Å²) in [5, 5.41) is 23.3. The minimum Gasteiger partial charge on any atom is -0.396 e. The van der Waals surface area contributed by atoms with E-state index in [0.29, 0.717) is 18.9 Å². The van der Waals surface area contributed by atoms with E-state index in [1.54, 1.807) is 4.68 Å². The summed E-state index contributed by atoms with van der Waals surface area (Å²) in [6, 6.07) is 8.49. The summed E-state index contributed by atoms with van der Waals surface area (Å²) in [6.45, 7) is 3.66. The summed E-state index contributed by atoms with van der Waals surface area (Å²) in [5.74, 6) is 1.53. The second-order valence-corrected chi connectivity index (χ2v) is 5.96. The monoisotopic (exact) mass is 328 g/mol. The Hall–Kier alpha value is -2.38. The highest BCUT2D eigenvalue weighted by molar-refractivity contribution is 5.84. The number of aryl methyl sites for hydroxylation is 2. The van der Waals surface area contributed by atoms with E-state index in [2.05, 4.69) is 57.2 Å². The van der Waals surface area contributed by atoms with Gasteiger partial charge in [0, 0.05) is 26.7 Å². The minimum atomic E-state index is -0.0656. The van der Waals surface area contributed by atoms with E-state index < -0.39 is 0 Å². The van der Waals surface area contributed by atoms with Crippen molar-refractivity contribution < 1.29 is 5.11 Å². The molecule has 7 nitrogen and oxygen atoms in total. The molecule has 7 heteroatoms. The number of benzene rings is 1. The molecule has 0 spiro atoms. The van der Waals surface area contributed by atoms with E-state index in [-0.39, 0.29) is 12.8 Å². The third-order valence-electron chi connectivity index (χ3n) is 4.00. The first-order chi connectivity index (χ1) is 11.7. The summed E-state index contributed by atoms with van der Waals surface area (Å²) in [4.78, 5) is 4.57. The van der Waals surface area contributed by atoms with Crippen molar-refractivity contribution in [3.05, 3.63) is 47.2 Å². The van der Waals surface area contributed by atoms with E-state index >= 15 is 0 Å². The van der Waals surface area contributed by atoms with Crippen LogP contribution in [0.4, 0.5) is 5.82 Å². The number of nitrogens with zero attached hydrogens (tertiary/aromatic N) is 3. The van der Waals surface area contributed by atoms with E-state index in [1.165, 1.54) is 11.1 Å². The van der Waals surface area contributed by atoms with Crippen molar-refractivity contribution in [2.45, 2.75) is 26.1 Å². The largest absolute Gasteiger partial charge is 0.396 e. The molecule has 24 heavy (non-hydrogen) atoms. The highest BCUT2D eigenvalue weighted by Crippen LogP contribution is 2.27. The fourth-order valence-corrected chi connectivity index (χ4v) is 2.60. The van der Waals surface area contributed by atoms with Crippen LogP contribution in [0.15, 0.2) is 35.5 Å². The zero-order valence-corrected chi connectivity index (χ0v) is 14.1. The minimum absolute atomic E-state index is 0.0656. The maximum Gasteiger partial charge on any atom is 0.199 e. The lowest BCUT2D eigenvalue weighted by molar-refractivity contribution is 0.288. The molecule has 128 valence electrons. The molecule has 1 unspecified atom stereocenters. The molecule has 1 aromatic carbocycles. The van der Waals surface area contributed by atoms with Crippen LogP contribution in [0.3, 0.4) is 0 Å². The average molecular weight is 328 g/mol. The van der Waals surface area contributed by atoms with Crippen molar-refractivity contribution in [1.29, 1.82) is 0 Å². The third-order valence-corrected chi connectivity index (χ3v) is 4.00. The van der Waals surface area contributed by atoms with Crippen LogP contribution in [-0.2, 0) is 13.6 Å². The number of aliphatic hydroxyl groups is 1. The fourth-order valence-electron chi connectivity index (χ4n) is 2.60. The Bertz CT molecular complexity index is 706. The fraction of sp³-hybridized carbons (Fsp3) is 0.412. The molecular weight excluding hydrogens is 304 g/mol. The Morgan fingerprint density at radius 1 is 1.29 bits per heavy atom. The molecule has 0 fully saturated rings. The number of aliphatic hydroxyl groups excluding tert-OH is 1. The molecule has 1 aliphatic rings. The lowest BCUT2D eigenvalue weighted by Gasteiger charge is -2.26. The first kappa shape index (κ1) is 16.5. The Labute approximate surface area is 141 Å². The predicted octanol–water partition coefficient (Wildman–Crippen LogP) is 1.08. The van der Waals surface area contributed by atoms with Gasteiger partial charge in [-0.05, 0) is 18.9 Å². The van der Waals surface area contributed by atoms with Gasteiger partial charge in [-0.1, -0.05) is 29.8 Å². The van der Waals surface area contributed by atoms with Crippen LogP contribution in [-0.4, -0.2) is 34.0 Å². The van der Waals surface area contributed by atoms with Crippen LogP contribution < -0.4 is 16.0 Å². The molecule has 0 radical (unpaired) electrons. The summed E-state index contributed by atoms with van der Waals surface area (Å²) in [6.07, 6.45) is 2.45. The SMILES string of the molecule is Cc1ccc(CNC2NC(NCCCO)=Nc3c2cnn3C)cc1. The number of aromatic nitrogens is 2. The highest BCUT2D eigenvalue weighted by Gasteiger charge is 2.24. The number of hydrogen-bond donors (Lipinski definition) is 4. The quantitative estimate of drug-likeness (QED) is 0.596. The molecule has 1 atom stereocenters. The van der Waals surface area contributed by atoms with Gasteiger partial charge in [-0.2, -0.15) is 10.1 Å². The first-order valence-electron chi connectivity index (χ1n) is 8.18. The van der Waals surface area contributed by atoms with E-state index in [4.69, 9.17) is 5.11 Å². The summed E-state index contributed by atoms with van der Waals surface area (Å²) < 4.78 is 1.77. The van der Waals surface area contributed by atoms with Crippen molar-refractivity contribution in [3.63, 3.8) is 0 Å². The second kappa shape index (κ2) is 7.46. The maximum absolute atomic E-state index is 8.92. The van der Waals surface area contributed by atoms with E-state index in [0.717, 1.165) is 17.9 Å². The van der Waals surface area contributed by atoms with Crippen LogP contribution in [0.25, 0.3) is 0 Å². The third kappa shape index (κ3) is 3.74. The van der Waals surface area contributed by atoms with E-state index in [9.17, 15) is 0 Å². The Morgan fingerprint density at radius 3 is 2.83 bits per heavy atom. The second-order valence-electron chi connectivity index (χ2n) is 5.96. The molecule has 0 saturated carbocycles. The molecule has 1 aromatic heterocycles. The predicted molar refractivity (Wildman–Crippen MR) is 93.9 cm³/mol. The average Bonchev–Trinajstić information content (AvgIpc) is 2.96. The van der Waals surface area contributed by atoms with Crippen molar-refractivity contribution in [2.75, 3.05) is 13.2 Å². The van der Waals surface area contributed by atoms with Gasteiger partial charge in [0.1, 0.15) is 6.17 Å². The van der Waals surface area contributed by atoms with Gasteiger partial charge in [-0.25, -0.2) is 0 Å². The topological polar surface area (TPSA) is 86.5 Å². The first-order valence-corrected chi connectivity index (χ1v) is 8.18. The molecule has 0 saturated heterocycles. The van der Waals surface area contributed by atoms with Crippen LogP contribution in [0.2, 0.25) is 0 Å². The number of hydrogen-bond acceptors (Lipinski definition) is 6. The van der Waals surface area contributed by atoms with Gasteiger partial charge in [0.2, 0.25) is 0 Å². The highest BCUT2D eigenvalue weighted by atomic mass is 16.3. The summed E-state index contributed by atoms with van der Waals surface area (Å²) in [7, 11) is 1.88. The lowest BCUT2D eigenvalue weighted by Crippen LogP contribution is -2.46. The molecule has 0 aliphatic carbocycles. The number of rotatable bonds is 6. The molecule has 3 rings (SSSR count). The van der Waals surface area contributed by atoms with E-state index in [1.807, 2.05) is 13.2 Å². The van der Waals surface area contributed by atoms with Gasteiger partial charge in [-0.3, -0.25) is 10.00 Å². The van der Waals surface area contributed by atoms with Gasteiger partial charge in [0.15, 0.2) is 11.8 Å². The molecule has 0 amide bonds. The van der Waals surface area contributed by atoms with Gasteiger partial charge >= 0.3 is 0 Å². The van der Waals surface area contributed by atoms with Crippen LogP contribution in [0.5, 0.6) is 0 Å². The molecule has 0 bridgehead atoms. The molecule has 2 heterocycles. The maximum atomic E-state index is 8.92. The number of nitrogens with one attached hydrogen (secondary N) is 3. The standard InChI is InChI=1S/C17H24N6O/c1-12-4-6-13(7-5-12)10-19-15-14-11-20-23(2)16(14)22-17(21-15)18-8-3-9-24/h4-7,11,15,19,24H,3,8-10H2,1-2H3,(H2,18,21,22). The van der Waals surface area contributed by atoms with Crippen molar-refractivity contribution in [1.82, 2.24) is 25.7 Å². The van der Waals surface area contributed by atoms with Crippen LogP contribution in [0.1, 0.15) is 29.3 Å². The Morgan fingerprint density at radius 2 is 2.08 bits per heavy atom. The van der Waals surface area contributed by atoms with Crippen molar-refractivity contribution in [2.24, 2.45) is 12.0 Å². The zero-order chi connectivity index (χ0) is 16.9. The zero-order valence-electron chi connectivity index (χ0n) is 14.1. The van der Waals surface area contributed by atoms with Crippen molar-refractivity contribution >= 4 is 11.8 Å². The van der Waals surface area contributed by atoms with Crippen molar-refractivity contribution in [3.8, 4) is 0 Å². The Balaban J connectivity index is 1.70. The smallest absolute Gasteiger partial charge is 0.199 e. The van der Waals surface area contributed by atoms with Gasteiger partial charge in [0.05, 0.1) is 11.8 Å². The number of fused-ring (bicyclic) bond motifs is 1. The van der Waals surface area contributed by atoms with Gasteiger partial charge in [-0.15, -0.1) is 0 Å². The molecular formula is C17H24N6O. The summed E-state index contributed by atoms with van der Waals surface area (Å²) in [5.41, 5.74) is 3.51. The normalized spacial score (nSPS) is 16.3. The molecule has 1 aliphatic heterocycles. The molecule has 2 aromatic rings. The number of guanidine groups is 1. The van der Waals surface area contributed by atoms with Crippen LogP contribution >= 0.6 is 0 Å². The Kier molecular flexibility index (Phi) is 5.12. The van der Waals surface area contributed by atoms with Gasteiger partial charge in [0.25, 0.3) is 0 Å². The lowest BCUT2D eigenvalue weighted by atomic mass is 10.1. The molecule has 4 N–H and O–H groups in total. The number of aliphatic imine (C=N–C) groups is 1. The summed E-state index contributed by atoms with van der Waals surface area (Å²) >= 11 is 0.